The predicted molar refractivity (Wildman–Crippen MR) is 190 cm³/mol. The molecular weight excluding hydrogens is 882 g/mol. The molecule has 1 aliphatic rings. The van der Waals surface area contributed by atoms with Crippen LogP contribution in [0.15, 0.2) is 60.7 Å². The van der Waals surface area contributed by atoms with E-state index in [9.17, 15) is 43.9 Å². The first-order valence-electron chi connectivity index (χ1n) is 17.7. The molecular formula is C45H16F18. The quantitative estimate of drug-likeness (QED) is 0.0917. The van der Waals surface area contributed by atoms with Crippen molar-refractivity contribution in [2.75, 3.05) is 0 Å². The molecule has 1 aliphatic carbocycles. The van der Waals surface area contributed by atoms with E-state index in [-0.39, 0.29) is 11.6 Å². The molecule has 0 aliphatic heterocycles. The molecule has 0 saturated heterocycles. The van der Waals surface area contributed by atoms with Gasteiger partial charge >= 0.3 is 0 Å². The van der Waals surface area contributed by atoms with Gasteiger partial charge in [0.05, 0.1) is 33.4 Å². The van der Waals surface area contributed by atoms with Crippen LogP contribution in [0.25, 0.3) is 66.8 Å². The van der Waals surface area contributed by atoms with Crippen LogP contribution in [-0.2, 0) is 5.41 Å². The van der Waals surface area contributed by atoms with E-state index in [1.165, 1.54) is 18.2 Å². The van der Waals surface area contributed by atoms with Gasteiger partial charge in [-0.05, 0) is 68.8 Å². The van der Waals surface area contributed by atoms with Gasteiger partial charge in [0.15, 0.2) is 93.1 Å². The van der Waals surface area contributed by atoms with Gasteiger partial charge in [-0.1, -0.05) is 50.2 Å². The van der Waals surface area contributed by atoms with Crippen LogP contribution in [-0.4, -0.2) is 0 Å². The molecule has 7 aromatic rings. The van der Waals surface area contributed by atoms with Gasteiger partial charge in [0.25, 0.3) is 0 Å². The molecule has 8 rings (SSSR count). The molecule has 0 nitrogen and oxygen atoms in total. The summed E-state index contributed by atoms with van der Waals surface area (Å²) >= 11 is 0. The molecule has 0 spiro atoms. The fraction of sp³-hybridized carbons (Fsp3) is 0.0667. The normalized spacial score (nSPS) is 12.9. The Balaban J connectivity index is 1.42. The van der Waals surface area contributed by atoms with Crippen molar-refractivity contribution in [3.05, 3.63) is 177 Å². The Morgan fingerprint density at radius 2 is 0.540 bits per heavy atom. The van der Waals surface area contributed by atoms with Crippen molar-refractivity contribution in [2.45, 2.75) is 19.3 Å². The smallest absolute Gasteiger partial charge is 0.200 e. The minimum Gasteiger partial charge on any atom is -0.203 e. The van der Waals surface area contributed by atoms with E-state index in [0.29, 0.717) is 23.3 Å². The van der Waals surface area contributed by atoms with Gasteiger partial charge in [-0.2, -0.15) is 0 Å². The molecule has 0 radical (unpaired) electrons. The van der Waals surface area contributed by atoms with E-state index in [4.69, 9.17) is 0 Å². The molecule has 0 N–H and O–H groups in total. The number of hydrogen-bond donors (Lipinski definition) is 0. The number of halogens is 18. The fourth-order valence-electron chi connectivity index (χ4n) is 7.82. The van der Waals surface area contributed by atoms with Crippen molar-refractivity contribution < 1.29 is 79.0 Å². The van der Waals surface area contributed by atoms with Crippen LogP contribution in [0.2, 0.25) is 0 Å². The summed E-state index contributed by atoms with van der Waals surface area (Å²) in [4.78, 5) is 0. The largest absolute Gasteiger partial charge is 0.203 e. The van der Waals surface area contributed by atoms with E-state index >= 15 is 35.1 Å². The molecule has 0 saturated carbocycles. The summed E-state index contributed by atoms with van der Waals surface area (Å²) in [6.45, 7) is 3.57. The summed E-state index contributed by atoms with van der Waals surface area (Å²) in [7, 11) is 0. The average molecular weight is 899 g/mol. The molecule has 0 amide bonds. The molecule has 63 heavy (non-hydrogen) atoms. The van der Waals surface area contributed by atoms with Crippen molar-refractivity contribution in [3.8, 4) is 66.8 Å². The third kappa shape index (κ3) is 6.03. The summed E-state index contributed by atoms with van der Waals surface area (Å²) in [5.41, 5.74) is -14.3. The van der Waals surface area contributed by atoms with Crippen LogP contribution in [0.3, 0.4) is 0 Å². The second-order valence-electron chi connectivity index (χ2n) is 14.6. The second-order valence-corrected chi connectivity index (χ2v) is 14.6. The monoisotopic (exact) mass is 898 g/mol. The first kappa shape index (κ1) is 42.9. The van der Waals surface area contributed by atoms with Gasteiger partial charge in [0, 0.05) is 5.41 Å². The minimum atomic E-state index is -2.85. The van der Waals surface area contributed by atoms with Gasteiger partial charge in [-0.3, -0.25) is 0 Å². The highest BCUT2D eigenvalue weighted by Gasteiger charge is 2.39. The lowest BCUT2D eigenvalue weighted by molar-refractivity contribution is 0.379. The maximum atomic E-state index is 16.1. The Hall–Kier alpha value is -6.72. The second kappa shape index (κ2) is 14.7. The Morgan fingerprint density at radius 1 is 0.254 bits per heavy atom. The summed E-state index contributed by atoms with van der Waals surface area (Å²) in [6, 6.07) is 13.0. The van der Waals surface area contributed by atoms with Crippen LogP contribution < -0.4 is 0 Å². The van der Waals surface area contributed by atoms with Gasteiger partial charge in [-0.25, -0.2) is 79.0 Å². The van der Waals surface area contributed by atoms with E-state index in [1.807, 2.05) is 0 Å². The molecule has 0 heterocycles. The highest BCUT2D eigenvalue weighted by molar-refractivity contribution is 5.87. The summed E-state index contributed by atoms with van der Waals surface area (Å²) in [5.74, 6) is -49.8. The number of hydrogen-bond acceptors (Lipinski definition) is 0. The van der Waals surface area contributed by atoms with Gasteiger partial charge in [-0.15, -0.1) is 0 Å². The zero-order chi connectivity index (χ0) is 46.0. The Morgan fingerprint density at radius 3 is 0.921 bits per heavy atom. The molecule has 18 heteroatoms. The molecule has 0 fully saturated rings. The Kier molecular flexibility index (Phi) is 10.0. The lowest BCUT2D eigenvalue weighted by atomic mass is 9.81. The third-order valence-corrected chi connectivity index (χ3v) is 10.9. The third-order valence-electron chi connectivity index (χ3n) is 10.9. The molecule has 322 valence electrons. The van der Waals surface area contributed by atoms with E-state index in [1.54, 1.807) is 38.1 Å². The van der Waals surface area contributed by atoms with E-state index in [2.05, 4.69) is 0 Å². The van der Waals surface area contributed by atoms with Crippen LogP contribution in [0.1, 0.15) is 25.0 Å². The van der Waals surface area contributed by atoms with E-state index in [0.717, 1.165) is 11.1 Å². The zero-order valence-electron chi connectivity index (χ0n) is 31.1. The van der Waals surface area contributed by atoms with Crippen LogP contribution in [0.5, 0.6) is 0 Å². The first-order valence-corrected chi connectivity index (χ1v) is 17.7. The fourth-order valence-corrected chi connectivity index (χ4v) is 7.82. The molecule has 0 bridgehead atoms. The van der Waals surface area contributed by atoms with Crippen LogP contribution >= 0.6 is 0 Å². The molecule has 0 aromatic heterocycles. The van der Waals surface area contributed by atoms with Crippen LogP contribution in [0.4, 0.5) is 79.0 Å². The number of fused-ring (bicyclic) bond motifs is 3. The maximum absolute atomic E-state index is 16.1. The van der Waals surface area contributed by atoms with Gasteiger partial charge < -0.3 is 0 Å². The standard InChI is InChI=1S/C45H16F18/c1-45(2)19-6-4-3-5-17(19)18-8-7-13(12-20(18)45)14-9-15(21-27(46)31(50)23(32(51)28(21)47)25-35(54)39(58)43(62)40(59)36(25)55)11-16(10-14)22-29(48)33(52)24(34(53)30(22)49)26-37(56)41(60)44(63)42(61)38(26)57/h3-12H,1-2H3. The van der Waals surface area contributed by atoms with Gasteiger partial charge in [0.1, 0.15) is 0 Å². The maximum Gasteiger partial charge on any atom is 0.200 e. The van der Waals surface area contributed by atoms with Crippen LogP contribution in [0, 0.1) is 105 Å². The summed E-state index contributed by atoms with van der Waals surface area (Å²) < 4.78 is 270. The van der Waals surface area contributed by atoms with E-state index < -0.39 is 160 Å². The lowest BCUT2D eigenvalue weighted by Crippen LogP contribution is -2.14. The molecule has 0 atom stereocenters. The first-order chi connectivity index (χ1) is 29.5. The topological polar surface area (TPSA) is 0 Å². The Bertz CT molecular complexity index is 2910. The lowest BCUT2D eigenvalue weighted by Gasteiger charge is -2.22. The van der Waals surface area contributed by atoms with Crippen molar-refractivity contribution in [1.82, 2.24) is 0 Å². The number of benzene rings is 7. The summed E-state index contributed by atoms with van der Waals surface area (Å²) in [5, 5.41) is 0. The zero-order valence-corrected chi connectivity index (χ0v) is 31.1. The van der Waals surface area contributed by atoms with Crippen molar-refractivity contribution in [1.29, 1.82) is 0 Å². The minimum absolute atomic E-state index is 0.0303. The average Bonchev–Trinajstić information content (AvgIpc) is 3.49. The van der Waals surface area contributed by atoms with Gasteiger partial charge in [0.2, 0.25) is 11.6 Å². The van der Waals surface area contributed by atoms with Crippen molar-refractivity contribution >= 4 is 0 Å². The summed E-state index contributed by atoms with van der Waals surface area (Å²) in [6.07, 6.45) is 0. The number of rotatable bonds is 5. The predicted octanol–water partition coefficient (Wildman–Crippen LogP) is 14.8. The van der Waals surface area contributed by atoms with Crippen molar-refractivity contribution in [3.63, 3.8) is 0 Å². The molecule has 0 unspecified atom stereocenters. The SMILES string of the molecule is CC1(C)c2ccccc2-c2ccc(-c3cc(-c4c(F)c(F)c(-c5c(F)c(F)c(F)c(F)c5F)c(F)c4F)cc(-c4c(F)c(F)c(-c5c(F)c(F)c(F)c(F)c5F)c(F)c4F)c3)cc21. The highest BCUT2D eigenvalue weighted by atomic mass is 19.2. The Labute approximate surface area is 341 Å². The highest BCUT2D eigenvalue weighted by Crippen LogP contribution is 2.51. The molecule has 7 aromatic carbocycles. The van der Waals surface area contributed by atoms with Crippen molar-refractivity contribution in [2.24, 2.45) is 0 Å².